The highest BCUT2D eigenvalue weighted by Gasteiger charge is 2.13. The van der Waals surface area contributed by atoms with Crippen molar-refractivity contribution in [3.63, 3.8) is 0 Å². The van der Waals surface area contributed by atoms with Crippen molar-refractivity contribution in [2.75, 3.05) is 18.1 Å². The first-order valence-electron chi connectivity index (χ1n) is 8.17. The molecule has 0 aliphatic carbocycles. The molecule has 1 N–H and O–H groups in total. The Labute approximate surface area is 155 Å². The lowest BCUT2D eigenvalue weighted by Crippen LogP contribution is -2.26. The molecule has 0 aliphatic heterocycles. The number of carbonyl (C=O) groups is 2. The van der Waals surface area contributed by atoms with E-state index in [0.717, 1.165) is 11.0 Å². The van der Waals surface area contributed by atoms with Gasteiger partial charge in [-0.2, -0.15) is 11.8 Å². The molecule has 0 unspecified atom stereocenters. The first-order valence-corrected chi connectivity index (χ1v) is 9.33. The summed E-state index contributed by atoms with van der Waals surface area (Å²) in [6, 6.07) is 10.8. The van der Waals surface area contributed by atoms with E-state index in [9.17, 15) is 9.59 Å². The maximum atomic E-state index is 12.4. The second-order valence-corrected chi connectivity index (χ2v) is 6.72. The molecular weight excluding hydrogens is 348 g/mol. The Bertz CT molecular complexity index is 931. The standard InChI is InChI=1S/C19H18N4O2S/c1-13-18(23-16-5-3-2-4-15(16)22-13)17(24)12-26-11-10-21-19(25)14-6-8-20-9-7-14/h2-9H,10-12H2,1H3,(H,21,25). The van der Waals surface area contributed by atoms with Crippen LogP contribution in [0.25, 0.3) is 11.0 Å². The van der Waals surface area contributed by atoms with Crippen molar-refractivity contribution >= 4 is 34.5 Å². The number of benzene rings is 1. The number of aromatic nitrogens is 3. The molecule has 1 amide bonds. The van der Waals surface area contributed by atoms with Gasteiger partial charge in [0.2, 0.25) is 0 Å². The van der Waals surface area contributed by atoms with E-state index in [1.54, 1.807) is 31.5 Å². The SMILES string of the molecule is Cc1nc2ccccc2nc1C(=O)CSCCNC(=O)c1ccncc1. The second-order valence-electron chi connectivity index (χ2n) is 5.61. The number of rotatable bonds is 7. The lowest BCUT2D eigenvalue weighted by molar-refractivity contribution is 0.0955. The van der Waals surface area contributed by atoms with Gasteiger partial charge in [-0.25, -0.2) is 9.97 Å². The number of nitrogens with zero attached hydrogens (tertiary/aromatic N) is 3. The Morgan fingerprint density at radius 3 is 2.46 bits per heavy atom. The quantitative estimate of drug-likeness (QED) is 0.511. The highest BCUT2D eigenvalue weighted by atomic mass is 32.2. The van der Waals surface area contributed by atoms with Gasteiger partial charge in [0.1, 0.15) is 5.69 Å². The summed E-state index contributed by atoms with van der Waals surface area (Å²) in [7, 11) is 0. The molecule has 0 atom stereocenters. The molecular formula is C19H18N4O2S. The van der Waals surface area contributed by atoms with Crippen LogP contribution in [0.5, 0.6) is 0 Å². The van der Waals surface area contributed by atoms with Crippen LogP contribution in [0.2, 0.25) is 0 Å². The Balaban J connectivity index is 1.49. The monoisotopic (exact) mass is 366 g/mol. The fourth-order valence-corrected chi connectivity index (χ4v) is 3.14. The predicted molar refractivity (Wildman–Crippen MR) is 103 cm³/mol. The molecule has 0 spiro atoms. The van der Waals surface area contributed by atoms with Crippen LogP contribution in [-0.4, -0.2) is 44.7 Å². The summed E-state index contributed by atoms with van der Waals surface area (Å²) in [5.74, 6) is 0.753. The number of nitrogens with one attached hydrogen (secondary N) is 1. The van der Waals surface area contributed by atoms with Crippen molar-refractivity contribution in [2.24, 2.45) is 0 Å². The predicted octanol–water partition coefficient (Wildman–Crippen LogP) is 2.68. The van der Waals surface area contributed by atoms with Gasteiger partial charge in [0.05, 0.1) is 22.5 Å². The summed E-state index contributed by atoms with van der Waals surface area (Å²) >= 11 is 1.46. The first kappa shape index (κ1) is 18.0. The van der Waals surface area contributed by atoms with E-state index in [2.05, 4.69) is 20.3 Å². The van der Waals surface area contributed by atoms with E-state index in [1.807, 2.05) is 24.3 Å². The number of aryl methyl sites for hydroxylation is 1. The van der Waals surface area contributed by atoms with Crippen molar-refractivity contribution in [2.45, 2.75) is 6.92 Å². The van der Waals surface area contributed by atoms with E-state index in [4.69, 9.17) is 0 Å². The normalized spacial score (nSPS) is 10.7. The van der Waals surface area contributed by atoms with Gasteiger partial charge in [-0.15, -0.1) is 0 Å². The Kier molecular flexibility index (Phi) is 5.91. The molecule has 7 heteroatoms. The number of ketones is 1. The van der Waals surface area contributed by atoms with Crippen LogP contribution in [0.1, 0.15) is 26.5 Å². The van der Waals surface area contributed by atoms with Crippen molar-refractivity contribution < 1.29 is 9.59 Å². The van der Waals surface area contributed by atoms with Crippen LogP contribution in [0.3, 0.4) is 0 Å². The van der Waals surface area contributed by atoms with Gasteiger partial charge in [-0.05, 0) is 31.2 Å². The van der Waals surface area contributed by atoms with Gasteiger partial charge < -0.3 is 5.32 Å². The van der Waals surface area contributed by atoms with Crippen LogP contribution in [0, 0.1) is 6.92 Å². The number of para-hydroxylation sites is 2. The molecule has 0 radical (unpaired) electrons. The summed E-state index contributed by atoms with van der Waals surface area (Å²) in [5.41, 5.74) is 3.13. The molecule has 2 heterocycles. The number of thioether (sulfide) groups is 1. The Morgan fingerprint density at radius 2 is 1.73 bits per heavy atom. The van der Waals surface area contributed by atoms with E-state index in [0.29, 0.717) is 35.0 Å². The van der Waals surface area contributed by atoms with Gasteiger partial charge in [0, 0.05) is 30.3 Å². The molecule has 3 aromatic rings. The van der Waals surface area contributed by atoms with E-state index < -0.39 is 0 Å². The van der Waals surface area contributed by atoms with E-state index >= 15 is 0 Å². The number of fused-ring (bicyclic) bond motifs is 1. The van der Waals surface area contributed by atoms with Crippen LogP contribution >= 0.6 is 11.8 Å². The van der Waals surface area contributed by atoms with Crippen molar-refractivity contribution in [3.05, 3.63) is 65.7 Å². The average molecular weight is 366 g/mol. The molecule has 0 fully saturated rings. The van der Waals surface area contributed by atoms with Crippen LogP contribution in [-0.2, 0) is 0 Å². The molecule has 6 nitrogen and oxygen atoms in total. The summed E-state index contributed by atoms with van der Waals surface area (Å²) in [6.07, 6.45) is 3.16. The lowest BCUT2D eigenvalue weighted by Gasteiger charge is -2.07. The van der Waals surface area contributed by atoms with Crippen LogP contribution in [0.15, 0.2) is 48.8 Å². The van der Waals surface area contributed by atoms with E-state index in [1.165, 1.54) is 11.8 Å². The number of hydrogen-bond donors (Lipinski definition) is 1. The zero-order chi connectivity index (χ0) is 18.4. The van der Waals surface area contributed by atoms with Crippen molar-refractivity contribution in [1.82, 2.24) is 20.3 Å². The topological polar surface area (TPSA) is 84.8 Å². The van der Waals surface area contributed by atoms with Gasteiger partial charge in [0.15, 0.2) is 5.78 Å². The van der Waals surface area contributed by atoms with Gasteiger partial charge in [-0.1, -0.05) is 12.1 Å². The molecule has 0 saturated carbocycles. The summed E-state index contributed by atoms with van der Waals surface area (Å²) in [6.45, 7) is 2.29. The lowest BCUT2D eigenvalue weighted by atomic mass is 10.2. The molecule has 2 aromatic heterocycles. The maximum absolute atomic E-state index is 12.4. The van der Waals surface area contributed by atoms with Gasteiger partial charge in [0.25, 0.3) is 5.91 Å². The zero-order valence-corrected chi connectivity index (χ0v) is 15.1. The Morgan fingerprint density at radius 1 is 1.04 bits per heavy atom. The minimum absolute atomic E-state index is 0.0498. The maximum Gasteiger partial charge on any atom is 0.251 e. The zero-order valence-electron chi connectivity index (χ0n) is 14.3. The minimum atomic E-state index is -0.143. The number of Topliss-reactive ketones (excluding diaryl/α,β-unsaturated/α-hetero) is 1. The number of carbonyl (C=O) groups excluding carboxylic acids is 2. The van der Waals surface area contributed by atoms with E-state index in [-0.39, 0.29) is 11.7 Å². The van der Waals surface area contributed by atoms with Gasteiger partial charge >= 0.3 is 0 Å². The number of hydrogen-bond acceptors (Lipinski definition) is 6. The molecule has 0 saturated heterocycles. The molecule has 132 valence electrons. The smallest absolute Gasteiger partial charge is 0.251 e. The molecule has 1 aromatic carbocycles. The third-order valence-electron chi connectivity index (χ3n) is 3.72. The highest BCUT2D eigenvalue weighted by Crippen LogP contribution is 2.14. The van der Waals surface area contributed by atoms with Crippen LogP contribution < -0.4 is 5.32 Å². The summed E-state index contributed by atoms with van der Waals surface area (Å²) in [4.78, 5) is 37.1. The average Bonchev–Trinajstić information content (AvgIpc) is 2.67. The molecule has 0 aliphatic rings. The van der Waals surface area contributed by atoms with Crippen LogP contribution in [0.4, 0.5) is 0 Å². The van der Waals surface area contributed by atoms with Crippen molar-refractivity contribution in [3.8, 4) is 0 Å². The summed E-state index contributed by atoms with van der Waals surface area (Å²) in [5, 5.41) is 2.82. The molecule has 3 rings (SSSR count). The third kappa shape index (κ3) is 4.43. The van der Waals surface area contributed by atoms with Gasteiger partial charge in [-0.3, -0.25) is 14.6 Å². The fourth-order valence-electron chi connectivity index (χ4n) is 2.43. The minimum Gasteiger partial charge on any atom is -0.351 e. The highest BCUT2D eigenvalue weighted by molar-refractivity contribution is 8.00. The number of amides is 1. The second kappa shape index (κ2) is 8.53. The van der Waals surface area contributed by atoms with Crippen molar-refractivity contribution in [1.29, 1.82) is 0 Å². The fraction of sp³-hybridized carbons (Fsp3) is 0.211. The molecule has 0 bridgehead atoms. The first-order chi connectivity index (χ1) is 12.6. The molecule has 26 heavy (non-hydrogen) atoms. The number of pyridine rings is 1. The summed E-state index contributed by atoms with van der Waals surface area (Å²) < 4.78 is 0. The Hall–Kier alpha value is -2.80. The third-order valence-corrected chi connectivity index (χ3v) is 4.68. The largest absolute Gasteiger partial charge is 0.351 e.